The van der Waals surface area contributed by atoms with Gasteiger partial charge in [-0.1, -0.05) is 35.9 Å². The van der Waals surface area contributed by atoms with Gasteiger partial charge in [-0.25, -0.2) is 9.78 Å². The number of para-hydroxylation sites is 1. The van der Waals surface area contributed by atoms with Crippen molar-refractivity contribution in [3.8, 4) is 5.69 Å². The summed E-state index contributed by atoms with van der Waals surface area (Å²) in [5, 5.41) is 10.9. The first-order chi connectivity index (χ1) is 15.8. The molecule has 2 aromatic carbocycles. The van der Waals surface area contributed by atoms with Crippen LogP contribution in [0.3, 0.4) is 0 Å². The Kier molecular flexibility index (Phi) is 6.32. The Morgan fingerprint density at radius 1 is 1.06 bits per heavy atom. The lowest BCUT2D eigenvalue weighted by Crippen LogP contribution is -2.23. The SMILES string of the molecule is CC(=O)N(c1nc(COC(=O)c2nn(-c3ccccc3)nc2C)cs1)c1ccc(C)cc1C. The quantitative estimate of drug-likeness (QED) is 0.387. The summed E-state index contributed by atoms with van der Waals surface area (Å²) in [4.78, 5) is 32.5. The number of nitrogens with zero attached hydrogens (tertiary/aromatic N) is 5. The highest BCUT2D eigenvalue weighted by Gasteiger charge is 2.21. The van der Waals surface area contributed by atoms with Crippen molar-refractivity contribution in [1.29, 1.82) is 0 Å². The van der Waals surface area contributed by atoms with Crippen molar-refractivity contribution in [1.82, 2.24) is 20.0 Å². The molecule has 0 radical (unpaired) electrons. The minimum atomic E-state index is -0.581. The second-order valence-electron chi connectivity index (χ2n) is 7.60. The van der Waals surface area contributed by atoms with E-state index in [4.69, 9.17) is 4.74 Å². The summed E-state index contributed by atoms with van der Waals surface area (Å²) in [6.45, 7) is 7.13. The zero-order valence-corrected chi connectivity index (χ0v) is 19.6. The van der Waals surface area contributed by atoms with Crippen molar-refractivity contribution in [2.45, 2.75) is 34.3 Å². The van der Waals surface area contributed by atoms with Crippen molar-refractivity contribution >= 4 is 34.0 Å². The number of aryl methyl sites for hydroxylation is 3. The van der Waals surface area contributed by atoms with Gasteiger partial charge in [0.1, 0.15) is 6.61 Å². The summed E-state index contributed by atoms with van der Waals surface area (Å²) in [7, 11) is 0. The van der Waals surface area contributed by atoms with Crippen LogP contribution in [0, 0.1) is 20.8 Å². The van der Waals surface area contributed by atoms with Gasteiger partial charge in [0.05, 0.1) is 22.8 Å². The zero-order valence-electron chi connectivity index (χ0n) is 18.8. The molecule has 2 heterocycles. The third-order valence-corrected chi connectivity index (χ3v) is 5.83. The van der Waals surface area contributed by atoms with Crippen LogP contribution in [0.5, 0.6) is 0 Å². The number of anilines is 2. The summed E-state index contributed by atoms with van der Waals surface area (Å²) >= 11 is 1.32. The van der Waals surface area contributed by atoms with Crippen molar-refractivity contribution in [2.75, 3.05) is 4.90 Å². The molecular formula is C24H23N5O3S. The average molecular weight is 462 g/mol. The summed E-state index contributed by atoms with van der Waals surface area (Å²) in [6, 6.07) is 15.2. The molecular weight excluding hydrogens is 438 g/mol. The number of carbonyl (C=O) groups is 2. The van der Waals surface area contributed by atoms with Crippen LogP contribution in [0.15, 0.2) is 53.9 Å². The molecule has 0 atom stereocenters. The van der Waals surface area contributed by atoms with Crippen LogP contribution in [0.4, 0.5) is 10.8 Å². The molecule has 0 fully saturated rings. The summed E-state index contributed by atoms with van der Waals surface area (Å²) in [5.41, 5.74) is 4.79. The molecule has 0 N–H and O–H groups in total. The van der Waals surface area contributed by atoms with Crippen molar-refractivity contribution in [3.63, 3.8) is 0 Å². The zero-order chi connectivity index (χ0) is 23.5. The van der Waals surface area contributed by atoms with E-state index in [0.717, 1.165) is 22.5 Å². The Bertz CT molecular complexity index is 1310. The Morgan fingerprint density at radius 3 is 2.52 bits per heavy atom. The minimum absolute atomic E-state index is 0.0361. The molecule has 9 heteroatoms. The maximum Gasteiger partial charge on any atom is 0.361 e. The summed E-state index contributed by atoms with van der Waals surface area (Å²) in [5.74, 6) is -0.727. The number of amides is 1. The van der Waals surface area contributed by atoms with E-state index in [2.05, 4.69) is 15.2 Å². The van der Waals surface area contributed by atoms with E-state index < -0.39 is 5.97 Å². The van der Waals surface area contributed by atoms with Crippen molar-refractivity contribution in [2.24, 2.45) is 0 Å². The number of esters is 1. The van der Waals surface area contributed by atoms with Crippen LogP contribution in [-0.2, 0) is 16.1 Å². The Morgan fingerprint density at radius 2 is 1.82 bits per heavy atom. The van der Waals surface area contributed by atoms with Gasteiger partial charge in [-0.3, -0.25) is 9.69 Å². The lowest BCUT2D eigenvalue weighted by Gasteiger charge is -2.20. The lowest BCUT2D eigenvalue weighted by molar-refractivity contribution is -0.115. The van der Waals surface area contributed by atoms with Gasteiger partial charge < -0.3 is 4.74 Å². The van der Waals surface area contributed by atoms with Gasteiger partial charge in [0.15, 0.2) is 10.8 Å². The number of thiazole rings is 1. The second kappa shape index (κ2) is 9.33. The molecule has 0 saturated heterocycles. The first-order valence-electron chi connectivity index (χ1n) is 10.3. The molecule has 4 rings (SSSR count). The van der Waals surface area contributed by atoms with E-state index in [-0.39, 0.29) is 18.2 Å². The number of hydrogen-bond acceptors (Lipinski definition) is 7. The van der Waals surface area contributed by atoms with E-state index in [1.54, 1.807) is 17.2 Å². The topological polar surface area (TPSA) is 90.2 Å². The monoisotopic (exact) mass is 461 g/mol. The van der Waals surface area contributed by atoms with Crippen LogP contribution in [-0.4, -0.2) is 31.9 Å². The number of rotatable bonds is 6. The maximum atomic E-state index is 12.6. The van der Waals surface area contributed by atoms with Crippen molar-refractivity contribution < 1.29 is 14.3 Å². The molecule has 2 aromatic heterocycles. The fraction of sp³-hybridized carbons (Fsp3) is 0.208. The molecule has 0 unspecified atom stereocenters. The van der Waals surface area contributed by atoms with E-state index in [1.807, 2.05) is 62.4 Å². The molecule has 1 amide bonds. The van der Waals surface area contributed by atoms with Crippen LogP contribution < -0.4 is 4.90 Å². The molecule has 8 nitrogen and oxygen atoms in total. The van der Waals surface area contributed by atoms with Gasteiger partial charge in [-0.05, 0) is 44.5 Å². The molecule has 0 spiro atoms. The molecule has 0 saturated carbocycles. The van der Waals surface area contributed by atoms with Gasteiger partial charge in [0, 0.05) is 12.3 Å². The minimum Gasteiger partial charge on any atom is -0.454 e. The van der Waals surface area contributed by atoms with E-state index in [1.165, 1.54) is 23.1 Å². The molecule has 4 aromatic rings. The van der Waals surface area contributed by atoms with Crippen LogP contribution in [0.1, 0.15) is 39.9 Å². The molecule has 0 aliphatic carbocycles. The third-order valence-electron chi connectivity index (χ3n) is 4.95. The fourth-order valence-corrected chi connectivity index (χ4v) is 4.25. The number of carbonyl (C=O) groups excluding carboxylic acids is 2. The van der Waals surface area contributed by atoms with E-state index in [9.17, 15) is 9.59 Å². The van der Waals surface area contributed by atoms with Gasteiger partial charge in [0.25, 0.3) is 0 Å². The van der Waals surface area contributed by atoms with Crippen LogP contribution >= 0.6 is 11.3 Å². The number of benzene rings is 2. The second-order valence-corrected chi connectivity index (χ2v) is 8.44. The Balaban J connectivity index is 1.48. The Labute approximate surface area is 195 Å². The van der Waals surface area contributed by atoms with Gasteiger partial charge >= 0.3 is 5.97 Å². The molecule has 0 aliphatic rings. The highest BCUT2D eigenvalue weighted by atomic mass is 32.1. The summed E-state index contributed by atoms with van der Waals surface area (Å²) < 4.78 is 5.43. The maximum absolute atomic E-state index is 12.6. The molecule has 0 aliphatic heterocycles. The smallest absolute Gasteiger partial charge is 0.361 e. The normalized spacial score (nSPS) is 10.8. The number of aromatic nitrogens is 4. The van der Waals surface area contributed by atoms with E-state index in [0.29, 0.717) is 16.5 Å². The first-order valence-corrected chi connectivity index (χ1v) is 11.2. The van der Waals surface area contributed by atoms with E-state index >= 15 is 0 Å². The number of ether oxygens (including phenoxy) is 1. The standard InChI is InChI=1S/C24H23N5O3S/c1-15-10-11-21(16(2)12-15)28(18(4)30)24-25-19(14-33-24)13-32-23(31)22-17(3)26-29(27-22)20-8-6-5-7-9-20/h5-12,14H,13H2,1-4H3. The van der Waals surface area contributed by atoms with Gasteiger partial charge in [-0.2, -0.15) is 9.90 Å². The molecule has 0 bridgehead atoms. The predicted molar refractivity (Wildman–Crippen MR) is 126 cm³/mol. The third kappa shape index (κ3) is 4.83. The van der Waals surface area contributed by atoms with Crippen LogP contribution in [0.2, 0.25) is 0 Å². The fourth-order valence-electron chi connectivity index (χ4n) is 3.38. The number of hydrogen-bond donors (Lipinski definition) is 0. The average Bonchev–Trinajstić information content (AvgIpc) is 3.41. The molecule has 33 heavy (non-hydrogen) atoms. The Hall–Kier alpha value is -3.85. The lowest BCUT2D eigenvalue weighted by atomic mass is 10.1. The highest BCUT2D eigenvalue weighted by molar-refractivity contribution is 7.14. The predicted octanol–water partition coefficient (Wildman–Crippen LogP) is 4.69. The highest BCUT2D eigenvalue weighted by Crippen LogP contribution is 2.32. The summed E-state index contributed by atoms with van der Waals surface area (Å²) in [6.07, 6.45) is 0. The molecule has 168 valence electrons. The first kappa shape index (κ1) is 22.3. The van der Waals surface area contributed by atoms with Gasteiger partial charge in [-0.15, -0.1) is 16.4 Å². The van der Waals surface area contributed by atoms with Gasteiger partial charge in [0.2, 0.25) is 5.91 Å². The largest absolute Gasteiger partial charge is 0.454 e. The van der Waals surface area contributed by atoms with Crippen molar-refractivity contribution in [3.05, 3.63) is 82.1 Å². The van der Waals surface area contributed by atoms with Crippen LogP contribution in [0.25, 0.3) is 5.69 Å².